The molecule has 0 radical (unpaired) electrons. The van der Waals surface area contributed by atoms with Crippen molar-refractivity contribution in [3.05, 3.63) is 60.2 Å². The first-order valence-corrected chi connectivity index (χ1v) is 9.53. The first kappa shape index (κ1) is 19.1. The van der Waals surface area contributed by atoms with Gasteiger partial charge >= 0.3 is 6.03 Å². The van der Waals surface area contributed by atoms with E-state index in [0.717, 1.165) is 43.0 Å². The topological polar surface area (TPSA) is 50.8 Å². The van der Waals surface area contributed by atoms with Crippen LogP contribution in [0, 0.1) is 5.92 Å². The van der Waals surface area contributed by atoms with Crippen LogP contribution in [0.4, 0.5) is 4.79 Å². The molecular formula is C22H28N2O3. The molecule has 1 atom stereocenters. The molecule has 27 heavy (non-hydrogen) atoms. The molecular weight excluding hydrogens is 340 g/mol. The molecule has 0 aliphatic carbocycles. The lowest BCUT2D eigenvalue weighted by Gasteiger charge is -2.32. The standard InChI is InChI=1S/C22H28N2O3/c1-17(19-6-4-3-5-7-19)23-22(25)24-14-12-18(13-15-24)16-27-21-10-8-20(26-2)9-11-21/h3-11,17-18H,12-16H2,1-2H3,(H,23,25)/t17-/m0/s1. The molecule has 5 nitrogen and oxygen atoms in total. The second kappa shape index (κ2) is 9.31. The van der Waals surface area contributed by atoms with Crippen LogP contribution >= 0.6 is 0 Å². The molecule has 1 N–H and O–H groups in total. The van der Waals surface area contributed by atoms with E-state index in [9.17, 15) is 4.79 Å². The molecule has 2 aromatic carbocycles. The van der Waals surface area contributed by atoms with Crippen molar-refractivity contribution < 1.29 is 14.3 Å². The fraction of sp³-hybridized carbons (Fsp3) is 0.409. The minimum absolute atomic E-state index is 0.00910. The van der Waals surface area contributed by atoms with Gasteiger partial charge in [0, 0.05) is 13.1 Å². The predicted molar refractivity (Wildman–Crippen MR) is 106 cm³/mol. The second-order valence-electron chi connectivity index (χ2n) is 7.00. The lowest BCUT2D eigenvalue weighted by molar-refractivity contribution is 0.143. The summed E-state index contributed by atoms with van der Waals surface area (Å²) < 4.78 is 11.0. The number of piperidine rings is 1. The van der Waals surface area contributed by atoms with Crippen molar-refractivity contribution in [3.63, 3.8) is 0 Å². The number of methoxy groups -OCH3 is 1. The Balaban J connectivity index is 1.40. The van der Waals surface area contributed by atoms with Gasteiger partial charge in [0.1, 0.15) is 11.5 Å². The van der Waals surface area contributed by atoms with Crippen molar-refractivity contribution in [3.8, 4) is 11.5 Å². The average molecular weight is 368 g/mol. The van der Waals surface area contributed by atoms with Crippen molar-refractivity contribution >= 4 is 6.03 Å². The van der Waals surface area contributed by atoms with Gasteiger partial charge < -0.3 is 19.7 Å². The maximum absolute atomic E-state index is 12.5. The zero-order valence-corrected chi connectivity index (χ0v) is 16.1. The van der Waals surface area contributed by atoms with Crippen LogP contribution in [-0.4, -0.2) is 37.7 Å². The number of amides is 2. The number of urea groups is 1. The van der Waals surface area contributed by atoms with Gasteiger partial charge in [0.25, 0.3) is 0 Å². The molecule has 5 heteroatoms. The van der Waals surface area contributed by atoms with Gasteiger partial charge in [0.05, 0.1) is 19.8 Å². The minimum Gasteiger partial charge on any atom is -0.497 e. The maximum Gasteiger partial charge on any atom is 0.317 e. The number of carbonyl (C=O) groups excluding carboxylic acids is 1. The van der Waals surface area contributed by atoms with Crippen molar-refractivity contribution in [2.45, 2.75) is 25.8 Å². The smallest absolute Gasteiger partial charge is 0.317 e. The fourth-order valence-electron chi connectivity index (χ4n) is 3.29. The third kappa shape index (κ3) is 5.39. The summed E-state index contributed by atoms with van der Waals surface area (Å²) in [5.41, 5.74) is 1.12. The number of rotatable bonds is 6. The van der Waals surface area contributed by atoms with Crippen molar-refractivity contribution in [1.29, 1.82) is 0 Å². The van der Waals surface area contributed by atoms with Gasteiger partial charge in [-0.3, -0.25) is 0 Å². The highest BCUT2D eigenvalue weighted by atomic mass is 16.5. The Morgan fingerprint density at radius 3 is 2.33 bits per heavy atom. The van der Waals surface area contributed by atoms with Crippen LogP contribution in [0.2, 0.25) is 0 Å². The first-order valence-electron chi connectivity index (χ1n) is 9.53. The van der Waals surface area contributed by atoms with E-state index < -0.39 is 0 Å². The molecule has 0 spiro atoms. The molecule has 2 amide bonds. The van der Waals surface area contributed by atoms with Crippen LogP contribution in [0.5, 0.6) is 11.5 Å². The Hall–Kier alpha value is -2.69. The van der Waals surface area contributed by atoms with Gasteiger partial charge in [-0.1, -0.05) is 30.3 Å². The lowest BCUT2D eigenvalue weighted by Crippen LogP contribution is -2.45. The Kier molecular flexibility index (Phi) is 6.58. The van der Waals surface area contributed by atoms with Crippen LogP contribution in [-0.2, 0) is 0 Å². The Morgan fingerprint density at radius 2 is 1.70 bits per heavy atom. The highest BCUT2D eigenvalue weighted by molar-refractivity contribution is 5.74. The molecule has 0 bridgehead atoms. The van der Waals surface area contributed by atoms with Crippen molar-refractivity contribution in [1.82, 2.24) is 10.2 Å². The van der Waals surface area contributed by atoms with Gasteiger partial charge in [-0.15, -0.1) is 0 Å². The molecule has 0 unspecified atom stereocenters. The lowest BCUT2D eigenvalue weighted by atomic mass is 9.98. The number of ether oxygens (including phenoxy) is 2. The van der Waals surface area contributed by atoms with Gasteiger partial charge in [0.15, 0.2) is 0 Å². The summed E-state index contributed by atoms with van der Waals surface area (Å²) in [6, 6.07) is 17.7. The van der Waals surface area contributed by atoms with Crippen LogP contribution in [0.3, 0.4) is 0 Å². The van der Waals surface area contributed by atoms with Gasteiger partial charge in [-0.25, -0.2) is 4.79 Å². The number of nitrogens with zero attached hydrogens (tertiary/aromatic N) is 1. The van der Waals surface area contributed by atoms with E-state index in [-0.39, 0.29) is 12.1 Å². The molecule has 1 saturated heterocycles. The molecule has 1 fully saturated rings. The number of benzene rings is 2. The Bertz CT molecular complexity index is 710. The fourth-order valence-corrected chi connectivity index (χ4v) is 3.29. The van der Waals surface area contributed by atoms with E-state index in [4.69, 9.17) is 9.47 Å². The van der Waals surface area contributed by atoms with Gasteiger partial charge in [-0.05, 0) is 55.5 Å². The summed E-state index contributed by atoms with van der Waals surface area (Å²) in [4.78, 5) is 14.4. The highest BCUT2D eigenvalue weighted by Gasteiger charge is 2.24. The van der Waals surface area contributed by atoms with Gasteiger partial charge in [0.2, 0.25) is 0 Å². The minimum atomic E-state index is 0.00910. The van der Waals surface area contributed by atoms with Crippen LogP contribution < -0.4 is 14.8 Å². The van der Waals surface area contributed by atoms with Crippen LogP contribution in [0.15, 0.2) is 54.6 Å². The zero-order chi connectivity index (χ0) is 19.1. The average Bonchev–Trinajstić information content (AvgIpc) is 2.73. The normalized spacial score (nSPS) is 15.9. The van der Waals surface area contributed by atoms with E-state index in [0.29, 0.717) is 12.5 Å². The molecule has 1 aliphatic heterocycles. The molecule has 0 saturated carbocycles. The summed E-state index contributed by atoms with van der Waals surface area (Å²) in [5, 5.41) is 3.09. The predicted octanol–water partition coefficient (Wildman–Crippen LogP) is 4.26. The highest BCUT2D eigenvalue weighted by Crippen LogP contribution is 2.22. The molecule has 0 aromatic heterocycles. The molecule has 1 aliphatic rings. The number of hydrogen-bond acceptors (Lipinski definition) is 3. The van der Waals surface area contributed by atoms with Crippen molar-refractivity contribution in [2.75, 3.05) is 26.8 Å². The zero-order valence-electron chi connectivity index (χ0n) is 16.1. The largest absolute Gasteiger partial charge is 0.497 e. The second-order valence-corrected chi connectivity index (χ2v) is 7.00. The third-order valence-electron chi connectivity index (χ3n) is 5.09. The van der Waals surface area contributed by atoms with Crippen molar-refractivity contribution in [2.24, 2.45) is 5.92 Å². The molecule has 2 aromatic rings. The third-order valence-corrected chi connectivity index (χ3v) is 5.09. The SMILES string of the molecule is COc1ccc(OCC2CCN(C(=O)N[C@@H](C)c3ccccc3)CC2)cc1. The van der Waals surface area contributed by atoms with Gasteiger partial charge in [-0.2, -0.15) is 0 Å². The first-order chi connectivity index (χ1) is 13.2. The van der Waals surface area contributed by atoms with Crippen LogP contribution in [0.1, 0.15) is 31.4 Å². The number of hydrogen-bond donors (Lipinski definition) is 1. The van der Waals surface area contributed by atoms with E-state index in [2.05, 4.69) is 5.32 Å². The summed E-state index contributed by atoms with van der Waals surface area (Å²) in [6.45, 7) is 4.23. The quantitative estimate of drug-likeness (QED) is 0.829. The van der Waals surface area contributed by atoms with E-state index in [1.54, 1.807) is 7.11 Å². The summed E-state index contributed by atoms with van der Waals surface area (Å²) in [5.74, 6) is 2.15. The maximum atomic E-state index is 12.5. The van der Waals surface area contributed by atoms with E-state index >= 15 is 0 Å². The van der Waals surface area contributed by atoms with E-state index in [1.807, 2.05) is 66.4 Å². The van der Waals surface area contributed by atoms with E-state index in [1.165, 1.54) is 0 Å². The molecule has 3 rings (SSSR count). The monoisotopic (exact) mass is 368 g/mol. The molecule has 144 valence electrons. The summed E-state index contributed by atoms with van der Waals surface area (Å²) in [6.07, 6.45) is 1.92. The summed E-state index contributed by atoms with van der Waals surface area (Å²) >= 11 is 0. The Morgan fingerprint density at radius 1 is 1.07 bits per heavy atom. The molecule has 1 heterocycles. The number of nitrogens with one attached hydrogen (secondary N) is 1. The number of carbonyl (C=O) groups is 1. The van der Waals surface area contributed by atoms with Crippen LogP contribution in [0.25, 0.3) is 0 Å². The number of likely N-dealkylation sites (tertiary alicyclic amines) is 1. The Labute approximate surface area is 161 Å². The summed E-state index contributed by atoms with van der Waals surface area (Å²) in [7, 11) is 1.65.